The summed E-state index contributed by atoms with van der Waals surface area (Å²) >= 11 is 0. The van der Waals surface area contributed by atoms with Crippen LogP contribution in [0.3, 0.4) is 0 Å². The van der Waals surface area contributed by atoms with Crippen LogP contribution in [0.15, 0.2) is 64.6 Å². The van der Waals surface area contributed by atoms with Crippen LogP contribution in [0.2, 0.25) is 0 Å². The van der Waals surface area contributed by atoms with Gasteiger partial charge in [-0.25, -0.2) is 5.43 Å². The molecule has 150 valence electrons. The Morgan fingerprint density at radius 1 is 1.17 bits per heavy atom. The highest BCUT2D eigenvalue weighted by molar-refractivity contribution is 5.96. The van der Waals surface area contributed by atoms with Crippen molar-refractivity contribution in [1.29, 1.82) is 0 Å². The fourth-order valence-corrected chi connectivity index (χ4v) is 2.95. The molecule has 0 saturated carbocycles. The highest BCUT2D eigenvalue weighted by Crippen LogP contribution is 2.33. The van der Waals surface area contributed by atoms with Gasteiger partial charge in [0.1, 0.15) is 5.58 Å². The number of fused-ring (bicyclic) bond motifs is 1. The van der Waals surface area contributed by atoms with Gasteiger partial charge in [0, 0.05) is 10.9 Å². The second-order valence-corrected chi connectivity index (χ2v) is 6.21. The van der Waals surface area contributed by atoms with Crippen molar-refractivity contribution >= 4 is 23.1 Å². The van der Waals surface area contributed by atoms with Crippen LogP contribution in [0, 0.1) is 0 Å². The normalized spacial score (nSPS) is 11.0. The smallest absolute Gasteiger partial charge is 0.307 e. The standard InChI is InChI=1S/C23H24N2O4/c1-4-9-18-12-16(13-20(27-5-2)22(18)28-6-3)15-24-25-23(26)21-14-17-10-7-8-11-19(17)29-21/h4,7-8,10-15H,1,5-6,9H2,2-3H3,(H,25,26)/b24-15+. The van der Waals surface area contributed by atoms with Crippen molar-refractivity contribution in [2.45, 2.75) is 20.3 Å². The van der Waals surface area contributed by atoms with Gasteiger partial charge in [-0.15, -0.1) is 6.58 Å². The van der Waals surface area contributed by atoms with Crippen LogP contribution in [0.1, 0.15) is 35.5 Å². The molecular weight excluding hydrogens is 368 g/mol. The number of para-hydroxylation sites is 1. The summed E-state index contributed by atoms with van der Waals surface area (Å²) in [7, 11) is 0. The maximum Gasteiger partial charge on any atom is 0.307 e. The summed E-state index contributed by atoms with van der Waals surface area (Å²) in [5, 5.41) is 4.92. The minimum absolute atomic E-state index is 0.206. The Morgan fingerprint density at radius 2 is 1.97 bits per heavy atom. The average Bonchev–Trinajstić information content (AvgIpc) is 3.15. The molecule has 1 N–H and O–H groups in total. The first kappa shape index (κ1) is 20.2. The topological polar surface area (TPSA) is 73.1 Å². The summed E-state index contributed by atoms with van der Waals surface area (Å²) < 4.78 is 17.0. The zero-order valence-electron chi connectivity index (χ0n) is 16.6. The second-order valence-electron chi connectivity index (χ2n) is 6.21. The van der Waals surface area contributed by atoms with E-state index in [2.05, 4.69) is 17.1 Å². The first-order chi connectivity index (χ1) is 14.2. The van der Waals surface area contributed by atoms with Crippen LogP contribution in [0.25, 0.3) is 11.0 Å². The van der Waals surface area contributed by atoms with E-state index in [-0.39, 0.29) is 5.76 Å². The summed E-state index contributed by atoms with van der Waals surface area (Å²) in [4.78, 5) is 12.3. The lowest BCUT2D eigenvalue weighted by molar-refractivity contribution is 0.0929. The number of amides is 1. The number of rotatable bonds is 9. The minimum Gasteiger partial charge on any atom is -0.490 e. The zero-order valence-corrected chi connectivity index (χ0v) is 16.6. The van der Waals surface area contributed by atoms with Gasteiger partial charge in [-0.2, -0.15) is 5.10 Å². The number of nitrogens with one attached hydrogen (secondary N) is 1. The molecule has 6 nitrogen and oxygen atoms in total. The van der Waals surface area contributed by atoms with Crippen LogP contribution in [0.5, 0.6) is 11.5 Å². The van der Waals surface area contributed by atoms with E-state index in [1.54, 1.807) is 18.4 Å². The molecule has 0 fully saturated rings. The van der Waals surface area contributed by atoms with E-state index >= 15 is 0 Å². The van der Waals surface area contributed by atoms with Crippen LogP contribution < -0.4 is 14.9 Å². The van der Waals surface area contributed by atoms with E-state index in [0.29, 0.717) is 36.7 Å². The summed E-state index contributed by atoms with van der Waals surface area (Å²) in [6.07, 6.45) is 3.99. The van der Waals surface area contributed by atoms with Gasteiger partial charge in [0.2, 0.25) is 0 Å². The van der Waals surface area contributed by atoms with Crippen LogP contribution in [0.4, 0.5) is 0 Å². The molecule has 0 atom stereocenters. The lowest BCUT2D eigenvalue weighted by Crippen LogP contribution is -2.16. The number of allylic oxidation sites excluding steroid dienone is 1. The first-order valence-electron chi connectivity index (χ1n) is 9.51. The molecule has 6 heteroatoms. The van der Waals surface area contributed by atoms with Crippen molar-refractivity contribution in [3.63, 3.8) is 0 Å². The maximum atomic E-state index is 12.3. The van der Waals surface area contributed by atoms with Gasteiger partial charge in [-0.05, 0) is 50.1 Å². The molecule has 0 aliphatic heterocycles. The molecule has 0 bridgehead atoms. The van der Waals surface area contributed by atoms with Gasteiger partial charge in [0.05, 0.1) is 19.4 Å². The number of furan rings is 1. The van der Waals surface area contributed by atoms with Crippen molar-refractivity contribution < 1.29 is 18.7 Å². The first-order valence-corrected chi connectivity index (χ1v) is 9.51. The maximum absolute atomic E-state index is 12.3. The number of ether oxygens (including phenoxy) is 2. The number of hydrogen-bond acceptors (Lipinski definition) is 5. The molecule has 1 amide bonds. The van der Waals surface area contributed by atoms with Gasteiger partial charge < -0.3 is 13.9 Å². The van der Waals surface area contributed by atoms with Gasteiger partial charge in [-0.3, -0.25) is 4.79 Å². The molecule has 3 aromatic rings. The van der Waals surface area contributed by atoms with Crippen LogP contribution in [-0.2, 0) is 6.42 Å². The molecule has 0 aliphatic carbocycles. The quantitative estimate of drug-likeness (QED) is 0.325. The molecule has 0 aliphatic rings. The number of hydrogen-bond donors (Lipinski definition) is 1. The SMILES string of the molecule is C=CCc1cc(/C=N/NC(=O)c2cc3ccccc3o2)cc(OCC)c1OCC. The number of carbonyl (C=O) groups is 1. The summed E-state index contributed by atoms with van der Waals surface area (Å²) in [5.74, 6) is 1.13. The van der Waals surface area contributed by atoms with Gasteiger partial charge in [0.25, 0.3) is 0 Å². The number of benzene rings is 2. The summed E-state index contributed by atoms with van der Waals surface area (Å²) in [6.45, 7) is 8.69. The Labute approximate surface area is 169 Å². The van der Waals surface area contributed by atoms with Gasteiger partial charge in [0.15, 0.2) is 17.3 Å². The molecule has 1 heterocycles. The lowest BCUT2D eigenvalue weighted by atomic mass is 10.1. The average molecular weight is 392 g/mol. The van der Waals surface area contributed by atoms with Gasteiger partial charge in [-0.1, -0.05) is 24.3 Å². The highest BCUT2D eigenvalue weighted by atomic mass is 16.5. The Balaban J connectivity index is 1.79. The Morgan fingerprint density at radius 3 is 2.69 bits per heavy atom. The zero-order chi connectivity index (χ0) is 20.6. The highest BCUT2D eigenvalue weighted by Gasteiger charge is 2.13. The largest absolute Gasteiger partial charge is 0.490 e. The molecule has 29 heavy (non-hydrogen) atoms. The monoisotopic (exact) mass is 392 g/mol. The molecule has 3 rings (SSSR count). The molecular formula is C23H24N2O4. The van der Waals surface area contributed by atoms with Crippen LogP contribution in [-0.4, -0.2) is 25.3 Å². The second kappa shape index (κ2) is 9.59. The number of hydrazone groups is 1. The summed E-state index contributed by atoms with van der Waals surface area (Å²) in [5.41, 5.74) is 4.87. The fourth-order valence-electron chi connectivity index (χ4n) is 2.95. The Hall–Kier alpha value is -3.54. The van der Waals surface area contributed by atoms with E-state index in [0.717, 1.165) is 16.5 Å². The van der Waals surface area contributed by atoms with Crippen molar-refractivity contribution in [1.82, 2.24) is 5.43 Å². The number of nitrogens with zero attached hydrogens (tertiary/aromatic N) is 1. The summed E-state index contributed by atoms with van der Waals surface area (Å²) in [6, 6.07) is 12.9. The van der Waals surface area contributed by atoms with E-state index in [1.165, 1.54) is 0 Å². The minimum atomic E-state index is -0.417. The van der Waals surface area contributed by atoms with Crippen molar-refractivity contribution in [3.05, 3.63) is 72.0 Å². The molecule has 0 saturated heterocycles. The predicted molar refractivity (Wildman–Crippen MR) is 114 cm³/mol. The third-order valence-corrected chi connectivity index (χ3v) is 4.14. The lowest BCUT2D eigenvalue weighted by Gasteiger charge is -2.15. The molecule has 1 aromatic heterocycles. The van der Waals surface area contributed by atoms with E-state index < -0.39 is 5.91 Å². The van der Waals surface area contributed by atoms with E-state index in [9.17, 15) is 4.79 Å². The fraction of sp³-hybridized carbons (Fsp3) is 0.217. The number of carbonyl (C=O) groups excluding carboxylic acids is 1. The van der Waals surface area contributed by atoms with Crippen LogP contribution >= 0.6 is 0 Å². The molecule has 0 spiro atoms. The van der Waals surface area contributed by atoms with E-state index in [1.807, 2.05) is 50.2 Å². The third-order valence-electron chi connectivity index (χ3n) is 4.14. The Bertz CT molecular complexity index is 1000. The molecule has 0 radical (unpaired) electrons. The predicted octanol–water partition coefficient (Wildman–Crippen LogP) is 4.72. The van der Waals surface area contributed by atoms with E-state index in [4.69, 9.17) is 13.9 Å². The molecule has 0 unspecified atom stereocenters. The Kier molecular flexibility index (Phi) is 6.68. The van der Waals surface area contributed by atoms with Gasteiger partial charge >= 0.3 is 5.91 Å². The molecule has 2 aromatic carbocycles. The van der Waals surface area contributed by atoms with Crippen molar-refractivity contribution in [3.8, 4) is 11.5 Å². The van der Waals surface area contributed by atoms with Crippen molar-refractivity contribution in [2.75, 3.05) is 13.2 Å². The van der Waals surface area contributed by atoms with Crippen molar-refractivity contribution in [2.24, 2.45) is 5.10 Å². The third kappa shape index (κ3) is 4.85.